The van der Waals surface area contributed by atoms with Gasteiger partial charge in [0.15, 0.2) is 5.78 Å². The first kappa shape index (κ1) is 23.7. The fourth-order valence-electron chi connectivity index (χ4n) is 3.66. The molecule has 0 spiro atoms. The first-order valence-electron chi connectivity index (χ1n) is 10.4. The van der Waals surface area contributed by atoms with Crippen LogP contribution in [-0.2, 0) is 12.8 Å². The molecule has 0 fully saturated rings. The maximum atomic E-state index is 13.3. The molecule has 0 aliphatic carbocycles. The van der Waals surface area contributed by atoms with Gasteiger partial charge in [0.25, 0.3) is 0 Å². The number of Topliss-reactive ketones (excluding diaryl/α,β-unsaturated/α-hetero) is 1. The summed E-state index contributed by atoms with van der Waals surface area (Å²) in [6, 6.07) is 14.1. The van der Waals surface area contributed by atoms with Crippen molar-refractivity contribution >= 4 is 11.8 Å². The molecule has 2 N–H and O–H groups in total. The highest BCUT2D eigenvalue weighted by Gasteiger charge is 2.25. The highest BCUT2D eigenvalue weighted by molar-refractivity contribution is 6.02. The van der Waals surface area contributed by atoms with Crippen LogP contribution in [0.5, 0.6) is 11.5 Å². The molecule has 170 valence electrons. The zero-order valence-electron chi connectivity index (χ0n) is 18.7. The van der Waals surface area contributed by atoms with Crippen LogP contribution in [0.25, 0.3) is 11.1 Å². The Balaban J connectivity index is 2.06. The van der Waals surface area contributed by atoms with E-state index in [1.165, 1.54) is 25.3 Å². The largest absolute Gasteiger partial charge is 0.507 e. The SMILES string of the molecule is COc1cc(O)c(C(=O)O)c(CC(=O)c2cccc(-c3ccc(F)cc3)c2)c1CC=C(C)C. The maximum Gasteiger partial charge on any atom is 0.339 e. The highest BCUT2D eigenvalue weighted by Crippen LogP contribution is 2.35. The Morgan fingerprint density at radius 2 is 1.70 bits per heavy atom. The third kappa shape index (κ3) is 5.47. The average molecular weight is 448 g/mol. The van der Waals surface area contributed by atoms with E-state index in [4.69, 9.17) is 4.74 Å². The monoisotopic (exact) mass is 448 g/mol. The van der Waals surface area contributed by atoms with Gasteiger partial charge in [0.1, 0.15) is 22.9 Å². The molecule has 5 nitrogen and oxygen atoms in total. The summed E-state index contributed by atoms with van der Waals surface area (Å²) in [5.74, 6) is -2.13. The zero-order valence-corrected chi connectivity index (χ0v) is 18.7. The summed E-state index contributed by atoms with van der Waals surface area (Å²) < 4.78 is 18.6. The van der Waals surface area contributed by atoms with Gasteiger partial charge in [0.2, 0.25) is 0 Å². The number of aromatic hydroxyl groups is 1. The standard InChI is InChI=1S/C27H25FO5/c1-16(2)7-12-21-22(26(27(31)32)24(30)15-25(21)33-3)14-23(29)19-6-4-5-18(13-19)17-8-10-20(28)11-9-17/h4-11,13,15,30H,12,14H2,1-3H3,(H,31,32). The number of phenols is 1. The fourth-order valence-corrected chi connectivity index (χ4v) is 3.66. The maximum absolute atomic E-state index is 13.3. The van der Waals surface area contributed by atoms with Crippen molar-refractivity contribution in [1.82, 2.24) is 0 Å². The number of carboxylic acid groups (broad SMARTS) is 1. The summed E-state index contributed by atoms with van der Waals surface area (Å²) in [6.07, 6.45) is 2.03. The molecule has 3 rings (SSSR count). The minimum absolute atomic E-state index is 0.217. The highest BCUT2D eigenvalue weighted by atomic mass is 19.1. The number of methoxy groups -OCH3 is 1. The van der Waals surface area contributed by atoms with Gasteiger partial charge in [-0.2, -0.15) is 0 Å². The van der Waals surface area contributed by atoms with E-state index in [1.807, 2.05) is 26.0 Å². The molecule has 3 aromatic rings. The molecule has 0 saturated carbocycles. The molecule has 0 heterocycles. The third-order valence-electron chi connectivity index (χ3n) is 5.34. The molecule has 0 bridgehead atoms. The van der Waals surface area contributed by atoms with E-state index in [0.717, 1.165) is 16.7 Å². The zero-order chi connectivity index (χ0) is 24.1. The third-order valence-corrected chi connectivity index (χ3v) is 5.34. The van der Waals surface area contributed by atoms with Gasteiger partial charge >= 0.3 is 5.97 Å². The second-order valence-corrected chi connectivity index (χ2v) is 7.91. The number of carbonyl (C=O) groups is 2. The van der Waals surface area contributed by atoms with Crippen molar-refractivity contribution < 1.29 is 28.9 Å². The van der Waals surface area contributed by atoms with Crippen LogP contribution in [0.3, 0.4) is 0 Å². The minimum atomic E-state index is -1.32. The first-order chi connectivity index (χ1) is 15.7. The van der Waals surface area contributed by atoms with Crippen molar-refractivity contribution in [3.05, 3.63) is 94.3 Å². The normalized spacial score (nSPS) is 10.5. The van der Waals surface area contributed by atoms with Gasteiger partial charge in [-0.1, -0.05) is 42.0 Å². The molecule has 0 aromatic heterocycles. The molecule has 0 amide bonds. The Hall–Kier alpha value is -3.93. The first-order valence-corrected chi connectivity index (χ1v) is 10.4. The molecule has 3 aromatic carbocycles. The van der Waals surface area contributed by atoms with E-state index in [0.29, 0.717) is 23.3 Å². The van der Waals surface area contributed by atoms with E-state index in [-0.39, 0.29) is 29.1 Å². The predicted octanol–water partition coefficient (Wildman–Crippen LogP) is 5.84. The smallest absolute Gasteiger partial charge is 0.339 e. The Bertz CT molecular complexity index is 1220. The second kappa shape index (κ2) is 10.1. The number of rotatable bonds is 8. The fraction of sp³-hybridized carbons (Fsp3) is 0.185. The van der Waals surface area contributed by atoms with Crippen molar-refractivity contribution in [2.45, 2.75) is 26.7 Å². The van der Waals surface area contributed by atoms with E-state index in [1.54, 1.807) is 30.3 Å². The quantitative estimate of drug-likeness (QED) is 0.334. The lowest BCUT2D eigenvalue weighted by molar-refractivity contribution is 0.0692. The van der Waals surface area contributed by atoms with E-state index >= 15 is 0 Å². The summed E-state index contributed by atoms with van der Waals surface area (Å²) in [7, 11) is 1.43. The van der Waals surface area contributed by atoms with Crippen LogP contribution >= 0.6 is 0 Å². The number of halogens is 1. The summed E-state index contributed by atoms with van der Waals surface area (Å²) in [5.41, 5.74) is 3.33. The Morgan fingerprint density at radius 3 is 2.30 bits per heavy atom. The van der Waals surface area contributed by atoms with Gasteiger partial charge in [-0.3, -0.25) is 4.79 Å². The predicted molar refractivity (Wildman–Crippen MR) is 125 cm³/mol. The lowest BCUT2D eigenvalue weighted by Crippen LogP contribution is -2.13. The molecular weight excluding hydrogens is 423 g/mol. The molecule has 0 saturated heterocycles. The van der Waals surface area contributed by atoms with Crippen LogP contribution in [0.2, 0.25) is 0 Å². The van der Waals surface area contributed by atoms with Crippen LogP contribution in [0.4, 0.5) is 4.39 Å². The van der Waals surface area contributed by atoms with Crippen molar-refractivity contribution in [3.8, 4) is 22.6 Å². The molecule has 6 heteroatoms. The lowest BCUT2D eigenvalue weighted by Gasteiger charge is -2.17. The summed E-state index contributed by atoms with van der Waals surface area (Å²) >= 11 is 0. The van der Waals surface area contributed by atoms with E-state index in [9.17, 15) is 24.2 Å². The number of carboxylic acids is 1. The summed E-state index contributed by atoms with van der Waals surface area (Å²) in [5, 5.41) is 20.1. The number of hydrogen-bond donors (Lipinski definition) is 2. The van der Waals surface area contributed by atoms with Gasteiger partial charge in [-0.15, -0.1) is 0 Å². The van der Waals surface area contributed by atoms with Gasteiger partial charge in [0.05, 0.1) is 7.11 Å². The second-order valence-electron chi connectivity index (χ2n) is 7.91. The average Bonchev–Trinajstić information content (AvgIpc) is 2.78. The molecular formula is C27H25FO5. The van der Waals surface area contributed by atoms with Gasteiger partial charge in [-0.05, 0) is 55.2 Å². The number of ketones is 1. The summed E-state index contributed by atoms with van der Waals surface area (Å²) in [6.45, 7) is 3.83. The topological polar surface area (TPSA) is 83.8 Å². The molecule has 0 aliphatic rings. The van der Waals surface area contributed by atoms with E-state index < -0.39 is 11.7 Å². The number of carbonyl (C=O) groups excluding carboxylic acids is 1. The van der Waals surface area contributed by atoms with Crippen LogP contribution in [-0.4, -0.2) is 29.1 Å². The minimum Gasteiger partial charge on any atom is -0.507 e. The van der Waals surface area contributed by atoms with Gasteiger partial charge < -0.3 is 14.9 Å². The summed E-state index contributed by atoms with van der Waals surface area (Å²) in [4.78, 5) is 25.2. The number of benzene rings is 3. The molecule has 0 aliphatic heterocycles. The van der Waals surface area contributed by atoms with Gasteiger partial charge in [0, 0.05) is 23.6 Å². The van der Waals surface area contributed by atoms with Crippen LogP contribution in [0, 0.1) is 5.82 Å². The van der Waals surface area contributed by atoms with Crippen LogP contribution in [0.1, 0.15) is 45.7 Å². The van der Waals surface area contributed by atoms with Crippen molar-refractivity contribution in [3.63, 3.8) is 0 Å². The van der Waals surface area contributed by atoms with Crippen LogP contribution in [0.15, 0.2) is 66.2 Å². The molecule has 33 heavy (non-hydrogen) atoms. The van der Waals surface area contributed by atoms with Crippen molar-refractivity contribution in [2.24, 2.45) is 0 Å². The molecule has 0 radical (unpaired) electrons. The Morgan fingerprint density at radius 1 is 1.00 bits per heavy atom. The van der Waals surface area contributed by atoms with Crippen LogP contribution < -0.4 is 4.74 Å². The molecule has 0 unspecified atom stereocenters. The van der Waals surface area contributed by atoms with Crippen molar-refractivity contribution in [1.29, 1.82) is 0 Å². The van der Waals surface area contributed by atoms with Crippen molar-refractivity contribution in [2.75, 3.05) is 7.11 Å². The van der Waals surface area contributed by atoms with Gasteiger partial charge in [-0.25, -0.2) is 9.18 Å². The Kier molecular flexibility index (Phi) is 7.28. The lowest BCUT2D eigenvalue weighted by atomic mass is 9.90. The number of allylic oxidation sites excluding steroid dienone is 2. The number of hydrogen-bond acceptors (Lipinski definition) is 4. The molecule has 0 atom stereocenters. The Labute approximate surface area is 191 Å². The number of ether oxygens (including phenoxy) is 1. The number of aromatic carboxylic acids is 1. The van der Waals surface area contributed by atoms with E-state index in [2.05, 4.69) is 0 Å².